The van der Waals surface area contributed by atoms with Crippen molar-refractivity contribution in [1.82, 2.24) is 9.88 Å². The third-order valence-electron chi connectivity index (χ3n) is 3.51. The van der Waals surface area contributed by atoms with Crippen molar-refractivity contribution in [2.45, 2.75) is 18.5 Å². The number of nitrogens with zero attached hydrogens (tertiary/aromatic N) is 3. The molecular weight excluding hydrogens is 286 g/mol. The van der Waals surface area contributed by atoms with E-state index in [9.17, 15) is 4.79 Å². The van der Waals surface area contributed by atoms with Crippen LogP contribution in [0.5, 0.6) is 0 Å². The fraction of sp³-hybridized carbons (Fsp3) is 0.455. The first kappa shape index (κ1) is 10.8. The Kier molecular flexibility index (Phi) is 2.47. The Morgan fingerprint density at radius 3 is 2.82 bits per heavy atom. The van der Waals surface area contributed by atoms with Crippen molar-refractivity contribution >= 4 is 27.7 Å². The second-order valence-corrected chi connectivity index (χ2v) is 5.41. The van der Waals surface area contributed by atoms with E-state index in [0.29, 0.717) is 12.6 Å². The van der Waals surface area contributed by atoms with Gasteiger partial charge in [0.25, 0.3) is 0 Å². The smallest absolute Gasteiger partial charge is 0.407 e. The molecule has 0 radical (unpaired) electrons. The van der Waals surface area contributed by atoms with Crippen molar-refractivity contribution in [2.75, 3.05) is 18.0 Å². The first-order valence-corrected chi connectivity index (χ1v) is 6.31. The summed E-state index contributed by atoms with van der Waals surface area (Å²) >= 11 is 3.40. The van der Waals surface area contributed by atoms with Crippen LogP contribution in [0, 0.1) is 0 Å². The molecule has 1 aromatic heterocycles. The lowest BCUT2D eigenvalue weighted by atomic mass is 10.2. The monoisotopic (exact) mass is 297 g/mol. The zero-order chi connectivity index (χ0) is 12.0. The minimum atomic E-state index is -0.801. The molecule has 3 heterocycles. The van der Waals surface area contributed by atoms with E-state index >= 15 is 0 Å². The van der Waals surface area contributed by atoms with Crippen LogP contribution in [0.1, 0.15) is 6.42 Å². The number of fused-ring (bicyclic) bond motifs is 2. The molecule has 0 aromatic carbocycles. The van der Waals surface area contributed by atoms with Crippen LogP contribution in [0.25, 0.3) is 0 Å². The maximum Gasteiger partial charge on any atom is 0.407 e. The molecule has 6 heteroatoms. The van der Waals surface area contributed by atoms with E-state index in [2.05, 4.69) is 25.8 Å². The number of pyridine rings is 1. The van der Waals surface area contributed by atoms with Crippen LogP contribution in [0.2, 0.25) is 0 Å². The van der Waals surface area contributed by atoms with Gasteiger partial charge in [0, 0.05) is 29.8 Å². The van der Waals surface area contributed by atoms with Crippen LogP contribution in [0.15, 0.2) is 22.9 Å². The molecule has 3 rings (SSSR count). The largest absolute Gasteiger partial charge is 0.465 e. The minimum Gasteiger partial charge on any atom is -0.465 e. The number of hydrogen-bond donors (Lipinski definition) is 1. The summed E-state index contributed by atoms with van der Waals surface area (Å²) in [6.45, 7) is 1.38. The highest BCUT2D eigenvalue weighted by atomic mass is 79.9. The molecule has 2 aliphatic rings. The van der Waals surface area contributed by atoms with Crippen molar-refractivity contribution in [3.05, 3.63) is 22.9 Å². The van der Waals surface area contributed by atoms with Gasteiger partial charge in [-0.3, -0.25) is 4.98 Å². The van der Waals surface area contributed by atoms with Crippen LogP contribution in [0.3, 0.4) is 0 Å². The molecular formula is C11H12BrN3O2. The second-order valence-electron chi connectivity index (χ2n) is 4.49. The summed E-state index contributed by atoms with van der Waals surface area (Å²) in [6.07, 6.45) is 3.71. The fourth-order valence-corrected chi connectivity index (χ4v) is 3.13. The van der Waals surface area contributed by atoms with E-state index in [1.54, 1.807) is 11.1 Å². The Morgan fingerprint density at radius 1 is 1.41 bits per heavy atom. The summed E-state index contributed by atoms with van der Waals surface area (Å²) in [7, 11) is 0. The number of hydrogen-bond acceptors (Lipinski definition) is 3. The first-order chi connectivity index (χ1) is 8.15. The number of carbonyl (C=O) groups is 1. The fourth-order valence-electron chi connectivity index (χ4n) is 2.78. The van der Waals surface area contributed by atoms with Crippen LogP contribution in [-0.2, 0) is 0 Å². The Balaban J connectivity index is 1.80. The number of amides is 1. The number of rotatable bonds is 1. The summed E-state index contributed by atoms with van der Waals surface area (Å²) in [6, 6.07) is 2.46. The Morgan fingerprint density at radius 2 is 2.24 bits per heavy atom. The number of carboxylic acid groups (broad SMARTS) is 1. The Labute approximate surface area is 107 Å². The molecule has 90 valence electrons. The molecule has 2 fully saturated rings. The first-order valence-electron chi connectivity index (χ1n) is 5.52. The maximum atomic E-state index is 11.0. The van der Waals surface area contributed by atoms with Crippen molar-refractivity contribution in [2.24, 2.45) is 0 Å². The maximum absolute atomic E-state index is 11.0. The highest BCUT2D eigenvalue weighted by Crippen LogP contribution is 2.34. The molecule has 2 aliphatic heterocycles. The molecule has 0 saturated carbocycles. The van der Waals surface area contributed by atoms with Gasteiger partial charge in [-0.2, -0.15) is 0 Å². The van der Waals surface area contributed by atoms with Gasteiger partial charge in [-0.05, 0) is 28.4 Å². The second kappa shape index (κ2) is 3.87. The SMILES string of the molecule is O=C(O)N1C[C@@H]2C[C@H]1CN2c1cncc(Br)c1. The van der Waals surface area contributed by atoms with Gasteiger partial charge in [-0.1, -0.05) is 0 Å². The molecule has 2 saturated heterocycles. The van der Waals surface area contributed by atoms with Crippen LogP contribution < -0.4 is 4.90 Å². The van der Waals surface area contributed by atoms with Gasteiger partial charge in [-0.15, -0.1) is 0 Å². The van der Waals surface area contributed by atoms with E-state index in [0.717, 1.165) is 23.1 Å². The summed E-state index contributed by atoms with van der Waals surface area (Å²) in [5, 5.41) is 9.02. The molecule has 0 aliphatic carbocycles. The Bertz CT molecular complexity index is 468. The van der Waals surface area contributed by atoms with Crippen molar-refractivity contribution in [1.29, 1.82) is 0 Å². The third kappa shape index (κ3) is 1.76. The number of likely N-dealkylation sites (tertiary alicyclic amines) is 1. The normalized spacial score (nSPS) is 26.6. The summed E-state index contributed by atoms with van der Waals surface area (Å²) in [4.78, 5) is 18.9. The lowest BCUT2D eigenvalue weighted by molar-refractivity contribution is 0.137. The zero-order valence-electron chi connectivity index (χ0n) is 9.08. The standard InChI is InChI=1S/C11H12BrN3O2/c12-7-1-8(4-13-3-7)14-5-10-2-9(14)6-15(10)11(16)17/h1,3-4,9-10H,2,5-6H2,(H,16,17)/t9-,10-/m0/s1. The van der Waals surface area contributed by atoms with Crippen molar-refractivity contribution < 1.29 is 9.90 Å². The molecule has 1 aromatic rings. The average molecular weight is 298 g/mol. The van der Waals surface area contributed by atoms with Crippen LogP contribution in [0.4, 0.5) is 10.5 Å². The lowest BCUT2D eigenvalue weighted by Gasteiger charge is -2.33. The molecule has 17 heavy (non-hydrogen) atoms. The number of aromatic nitrogens is 1. The van der Waals surface area contributed by atoms with Gasteiger partial charge in [0.2, 0.25) is 0 Å². The number of piperazine rings is 1. The van der Waals surface area contributed by atoms with E-state index in [1.807, 2.05) is 12.3 Å². The van der Waals surface area contributed by atoms with E-state index in [1.165, 1.54) is 0 Å². The topological polar surface area (TPSA) is 56.7 Å². The van der Waals surface area contributed by atoms with E-state index < -0.39 is 6.09 Å². The summed E-state index contributed by atoms with van der Waals surface area (Å²) in [5.41, 5.74) is 1.07. The van der Waals surface area contributed by atoms with Gasteiger partial charge in [0.1, 0.15) is 0 Å². The zero-order valence-corrected chi connectivity index (χ0v) is 10.7. The predicted molar refractivity (Wildman–Crippen MR) is 66.2 cm³/mol. The minimum absolute atomic E-state index is 0.136. The van der Waals surface area contributed by atoms with Crippen molar-refractivity contribution in [3.63, 3.8) is 0 Å². The highest BCUT2D eigenvalue weighted by molar-refractivity contribution is 9.10. The molecule has 1 amide bonds. The summed E-state index contributed by atoms with van der Waals surface area (Å²) < 4.78 is 0.952. The van der Waals surface area contributed by atoms with Crippen LogP contribution >= 0.6 is 15.9 Å². The van der Waals surface area contributed by atoms with Gasteiger partial charge in [-0.25, -0.2) is 4.79 Å². The molecule has 2 atom stereocenters. The molecule has 0 spiro atoms. The quantitative estimate of drug-likeness (QED) is 0.858. The molecule has 5 nitrogen and oxygen atoms in total. The molecule has 0 unspecified atom stereocenters. The lowest BCUT2D eigenvalue weighted by Crippen LogP contribution is -2.48. The van der Waals surface area contributed by atoms with Gasteiger partial charge >= 0.3 is 6.09 Å². The molecule has 1 N–H and O–H groups in total. The third-order valence-corrected chi connectivity index (χ3v) is 3.94. The molecule has 2 bridgehead atoms. The van der Waals surface area contributed by atoms with Crippen molar-refractivity contribution in [3.8, 4) is 0 Å². The van der Waals surface area contributed by atoms with Crippen LogP contribution in [-0.4, -0.2) is 46.3 Å². The van der Waals surface area contributed by atoms with Gasteiger partial charge in [0.15, 0.2) is 0 Å². The summed E-state index contributed by atoms with van der Waals surface area (Å²) in [5.74, 6) is 0. The van der Waals surface area contributed by atoms with E-state index in [-0.39, 0.29) is 6.04 Å². The average Bonchev–Trinajstić information content (AvgIpc) is 2.87. The predicted octanol–water partition coefficient (Wildman–Crippen LogP) is 1.79. The van der Waals surface area contributed by atoms with Gasteiger partial charge in [0.05, 0.1) is 17.9 Å². The highest BCUT2D eigenvalue weighted by Gasteiger charge is 2.45. The number of anilines is 1. The van der Waals surface area contributed by atoms with Gasteiger partial charge < -0.3 is 14.9 Å². The number of halogens is 1. The van der Waals surface area contributed by atoms with E-state index in [4.69, 9.17) is 5.11 Å². The Hall–Kier alpha value is -1.30.